The van der Waals surface area contributed by atoms with Crippen LogP contribution in [0, 0.1) is 23.2 Å². The van der Waals surface area contributed by atoms with Gasteiger partial charge in [0.05, 0.1) is 6.10 Å². The number of hydrogen-bond donors (Lipinski definition) is 1. The molecule has 1 aliphatic heterocycles. The van der Waals surface area contributed by atoms with Gasteiger partial charge in [0.15, 0.2) is 0 Å². The van der Waals surface area contributed by atoms with Gasteiger partial charge in [0.25, 0.3) is 0 Å². The first-order valence-electron chi connectivity index (χ1n) is 9.49. The van der Waals surface area contributed by atoms with E-state index in [1.807, 2.05) is 7.11 Å². The van der Waals surface area contributed by atoms with E-state index in [1.165, 1.54) is 25.7 Å². The lowest BCUT2D eigenvalue weighted by Crippen LogP contribution is -2.62. The number of methoxy groups -OCH3 is 1. The summed E-state index contributed by atoms with van der Waals surface area (Å²) in [6, 6.07) is 0. The van der Waals surface area contributed by atoms with Crippen molar-refractivity contribution in [3.8, 4) is 0 Å². The lowest BCUT2D eigenvalue weighted by Gasteiger charge is -2.59. The molecule has 23 heavy (non-hydrogen) atoms. The summed E-state index contributed by atoms with van der Waals surface area (Å²) in [7, 11) is 1.86. The molecule has 1 saturated heterocycles. The van der Waals surface area contributed by atoms with Crippen molar-refractivity contribution < 1.29 is 9.53 Å². The van der Waals surface area contributed by atoms with Gasteiger partial charge in [0, 0.05) is 19.1 Å². The maximum Gasteiger partial charge on any atom is 0.220 e. The maximum atomic E-state index is 11.9. The van der Waals surface area contributed by atoms with Crippen molar-refractivity contribution in [1.82, 2.24) is 5.32 Å². The fourth-order valence-corrected chi connectivity index (χ4v) is 6.50. The van der Waals surface area contributed by atoms with E-state index >= 15 is 0 Å². The number of hydrogen-bond acceptors (Lipinski definition) is 2. The zero-order valence-electron chi connectivity index (χ0n) is 14.9. The largest absolute Gasteiger partial charge is 0.381 e. The number of carbonyl (C=O) groups is 1. The molecule has 0 spiro atoms. The zero-order chi connectivity index (χ0) is 16.2. The van der Waals surface area contributed by atoms with Crippen LogP contribution in [0.25, 0.3) is 0 Å². The molecule has 2 saturated carbocycles. The third-order valence-electron chi connectivity index (χ3n) is 7.89. The molecule has 4 aliphatic rings. The van der Waals surface area contributed by atoms with Crippen molar-refractivity contribution in [2.24, 2.45) is 23.2 Å². The Kier molecular flexibility index (Phi) is 3.64. The molecule has 0 aromatic rings. The van der Waals surface area contributed by atoms with Gasteiger partial charge in [-0.3, -0.25) is 4.79 Å². The van der Waals surface area contributed by atoms with Gasteiger partial charge in [-0.1, -0.05) is 18.6 Å². The Morgan fingerprint density at radius 1 is 1.17 bits per heavy atom. The Balaban J connectivity index is 1.63. The van der Waals surface area contributed by atoms with Crippen LogP contribution in [0.1, 0.15) is 65.2 Å². The Labute approximate surface area is 140 Å². The summed E-state index contributed by atoms with van der Waals surface area (Å²) in [5, 5.41) is 3.35. The SMILES string of the molecule is COC1CCC2(C)C(=CCC3[C@@H]4CCC(=O)NC4(C)CC[C@@H]32)C1. The van der Waals surface area contributed by atoms with Crippen molar-refractivity contribution in [3.63, 3.8) is 0 Å². The van der Waals surface area contributed by atoms with Gasteiger partial charge in [0.2, 0.25) is 5.91 Å². The highest BCUT2D eigenvalue weighted by Gasteiger charge is 2.55. The smallest absolute Gasteiger partial charge is 0.220 e. The minimum Gasteiger partial charge on any atom is -0.381 e. The molecule has 1 N–H and O–H groups in total. The Morgan fingerprint density at radius 3 is 2.78 bits per heavy atom. The second-order valence-corrected chi connectivity index (χ2v) is 8.90. The Hall–Kier alpha value is -0.830. The van der Waals surface area contributed by atoms with E-state index in [0.717, 1.165) is 37.5 Å². The number of ether oxygens (including phenoxy) is 1. The van der Waals surface area contributed by atoms with E-state index in [4.69, 9.17) is 4.74 Å². The summed E-state index contributed by atoms with van der Waals surface area (Å²) in [6.07, 6.45) is 12.0. The molecule has 6 atom stereocenters. The van der Waals surface area contributed by atoms with Gasteiger partial charge < -0.3 is 10.1 Å². The molecule has 0 radical (unpaired) electrons. The minimum atomic E-state index is 0.0436. The fourth-order valence-electron chi connectivity index (χ4n) is 6.50. The number of piperidine rings is 1. The van der Waals surface area contributed by atoms with Crippen LogP contribution in [0.2, 0.25) is 0 Å². The normalized spacial score (nSPS) is 49.3. The summed E-state index contributed by atoms with van der Waals surface area (Å²) >= 11 is 0. The van der Waals surface area contributed by atoms with E-state index in [0.29, 0.717) is 17.4 Å². The van der Waals surface area contributed by atoms with E-state index in [2.05, 4.69) is 25.2 Å². The summed E-state index contributed by atoms with van der Waals surface area (Å²) < 4.78 is 5.65. The van der Waals surface area contributed by atoms with Gasteiger partial charge >= 0.3 is 0 Å². The first kappa shape index (κ1) is 15.7. The lowest BCUT2D eigenvalue weighted by atomic mass is 9.48. The standard InChI is InChI=1S/C20H31NO2/c1-19-10-8-14(23-3)12-13(19)4-5-15-16(19)9-11-20(2)17(15)6-7-18(22)21-20/h4,14-17H,5-12H2,1-3H3,(H,21,22)/t14?,15?,16-,17-,19?,20?/m0/s1. The molecule has 1 amide bonds. The predicted molar refractivity (Wildman–Crippen MR) is 90.9 cm³/mol. The Morgan fingerprint density at radius 2 is 2.00 bits per heavy atom. The number of nitrogens with one attached hydrogen (secondary N) is 1. The van der Waals surface area contributed by atoms with Crippen LogP contribution in [0.4, 0.5) is 0 Å². The van der Waals surface area contributed by atoms with Gasteiger partial charge in [-0.05, 0) is 75.0 Å². The summed E-state index contributed by atoms with van der Waals surface area (Å²) in [5.41, 5.74) is 2.09. The van der Waals surface area contributed by atoms with Crippen LogP contribution in [-0.4, -0.2) is 24.7 Å². The van der Waals surface area contributed by atoms with Crippen molar-refractivity contribution in [3.05, 3.63) is 11.6 Å². The third kappa shape index (κ3) is 2.30. The molecule has 128 valence electrons. The first-order valence-corrected chi connectivity index (χ1v) is 9.49. The van der Waals surface area contributed by atoms with Gasteiger partial charge in [-0.2, -0.15) is 0 Å². The highest BCUT2D eigenvalue weighted by Crippen LogP contribution is 2.60. The number of allylic oxidation sites excluding steroid dienone is 1. The molecule has 1 heterocycles. The van der Waals surface area contributed by atoms with E-state index in [1.54, 1.807) is 5.57 Å². The van der Waals surface area contributed by atoms with Crippen molar-refractivity contribution in [1.29, 1.82) is 0 Å². The number of carbonyl (C=O) groups excluding carboxylic acids is 1. The molecular formula is C20H31NO2. The monoisotopic (exact) mass is 317 g/mol. The van der Waals surface area contributed by atoms with Crippen LogP contribution in [-0.2, 0) is 9.53 Å². The van der Waals surface area contributed by atoms with Crippen molar-refractivity contribution >= 4 is 5.91 Å². The summed E-state index contributed by atoms with van der Waals surface area (Å²) in [4.78, 5) is 11.9. The average Bonchev–Trinajstić information content (AvgIpc) is 2.52. The van der Waals surface area contributed by atoms with Gasteiger partial charge in [-0.25, -0.2) is 0 Å². The highest BCUT2D eigenvalue weighted by atomic mass is 16.5. The number of rotatable bonds is 1. The van der Waals surface area contributed by atoms with Crippen LogP contribution < -0.4 is 5.32 Å². The van der Waals surface area contributed by atoms with Gasteiger partial charge in [-0.15, -0.1) is 0 Å². The topological polar surface area (TPSA) is 38.3 Å². The predicted octanol–water partition coefficient (Wildman–Crippen LogP) is 3.83. The number of fused-ring (bicyclic) bond motifs is 5. The van der Waals surface area contributed by atoms with Crippen LogP contribution in [0.5, 0.6) is 0 Å². The molecule has 0 aromatic heterocycles. The van der Waals surface area contributed by atoms with Crippen molar-refractivity contribution in [2.45, 2.75) is 76.9 Å². The van der Waals surface area contributed by atoms with Crippen LogP contribution in [0.15, 0.2) is 11.6 Å². The second kappa shape index (κ2) is 5.34. The van der Waals surface area contributed by atoms with E-state index in [9.17, 15) is 4.79 Å². The molecule has 3 heteroatoms. The lowest BCUT2D eigenvalue weighted by molar-refractivity contribution is -0.131. The summed E-state index contributed by atoms with van der Waals surface area (Å²) in [6.45, 7) is 4.82. The molecule has 4 rings (SSSR count). The average molecular weight is 317 g/mol. The number of amides is 1. The van der Waals surface area contributed by atoms with Crippen LogP contribution >= 0.6 is 0 Å². The van der Waals surface area contributed by atoms with Gasteiger partial charge in [0.1, 0.15) is 0 Å². The molecule has 0 bridgehead atoms. The molecule has 3 fully saturated rings. The Bertz CT molecular complexity index is 542. The first-order chi connectivity index (χ1) is 11.0. The summed E-state index contributed by atoms with van der Waals surface area (Å²) in [5.74, 6) is 2.48. The highest BCUT2D eigenvalue weighted by molar-refractivity contribution is 5.77. The molecule has 4 unspecified atom stereocenters. The molecular weight excluding hydrogens is 286 g/mol. The molecule has 3 aliphatic carbocycles. The zero-order valence-corrected chi connectivity index (χ0v) is 14.9. The molecule has 0 aromatic carbocycles. The van der Waals surface area contributed by atoms with E-state index < -0.39 is 0 Å². The second-order valence-electron chi connectivity index (χ2n) is 8.90. The minimum absolute atomic E-state index is 0.0436. The third-order valence-corrected chi connectivity index (χ3v) is 7.89. The van der Waals surface area contributed by atoms with E-state index in [-0.39, 0.29) is 11.4 Å². The van der Waals surface area contributed by atoms with Crippen molar-refractivity contribution in [2.75, 3.05) is 7.11 Å². The van der Waals surface area contributed by atoms with Crippen LogP contribution in [0.3, 0.4) is 0 Å². The molecule has 3 nitrogen and oxygen atoms in total. The fraction of sp³-hybridized carbons (Fsp3) is 0.850. The quantitative estimate of drug-likeness (QED) is 0.746. The maximum absolute atomic E-state index is 11.9.